The van der Waals surface area contributed by atoms with Crippen molar-refractivity contribution >= 4 is 21.6 Å². The molecule has 1 aromatic carbocycles. The van der Waals surface area contributed by atoms with Crippen LogP contribution in [0.15, 0.2) is 23.1 Å². The monoisotopic (exact) mass is 330 g/mol. The second-order valence-corrected chi connectivity index (χ2v) is 6.97. The first-order valence-corrected chi connectivity index (χ1v) is 8.21. The van der Waals surface area contributed by atoms with Crippen LogP contribution >= 0.6 is 11.6 Å². The Balaban J connectivity index is 2.32. The van der Waals surface area contributed by atoms with Gasteiger partial charge in [-0.3, -0.25) is 0 Å². The van der Waals surface area contributed by atoms with E-state index in [9.17, 15) is 13.5 Å². The lowest BCUT2D eigenvalue weighted by Crippen LogP contribution is -2.54. The molecule has 0 aliphatic carbocycles. The fraction of sp³-hybridized carbons (Fsp3) is 0.462. The molecule has 0 spiro atoms. The lowest BCUT2D eigenvalue weighted by atomic mass is 9.93. The summed E-state index contributed by atoms with van der Waals surface area (Å²) in [6.07, 6.45) is 0.771. The Morgan fingerprint density at radius 1 is 1.43 bits per heavy atom. The molecule has 0 unspecified atom stereocenters. The highest BCUT2D eigenvalue weighted by Crippen LogP contribution is 2.27. The molecule has 21 heavy (non-hydrogen) atoms. The number of sulfonamides is 1. The maximum absolute atomic E-state index is 12.5. The van der Waals surface area contributed by atoms with Crippen LogP contribution in [-0.4, -0.2) is 38.9 Å². The number of nitrogens with zero attached hydrogens (tertiary/aromatic N) is 1. The topological polar surface area (TPSA) is 99.4 Å². The van der Waals surface area contributed by atoms with Gasteiger partial charge in [-0.2, -0.15) is 5.26 Å². The Hall–Kier alpha value is -1.17. The predicted molar refractivity (Wildman–Crippen MR) is 76.4 cm³/mol. The zero-order chi connectivity index (χ0) is 15.5. The Labute approximate surface area is 128 Å². The molecule has 1 heterocycles. The molecule has 0 bridgehead atoms. The van der Waals surface area contributed by atoms with Gasteiger partial charge in [0.25, 0.3) is 0 Å². The number of hydrogen-bond donors (Lipinski definition) is 2. The van der Waals surface area contributed by atoms with E-state index in [2.05, 4.69) is 4.72 Å². The Kier molecular flexibility index (Phi) is 4.86. The number of ether oxygens (including phenoxy) is 1. The maximum Gasteiger partial charge on any atom is 0.242 e. The molecule has 1 aliphatic heterocycles. The third-order valence-corrected chi connectivity index (χ3v) is 5.52. The summed E-state index contributed by atoms with van der Waals surface area (Å²) >= 11 is 5.94. The largest absolute Gasteiger partial charge is 0.394 e. The van der Waals surface area contributed by atoms with Crippen LogP contribution in [0.4, 0.5) is 0 Å². The van der Waals surface area contributed by atoms with Crippen molar-refractivity contribution in [1.82, 2.24) is 4.72 Å². The molecule has 6 nitrogen and oxygen atoms in total. The molecule has 1 aliphatic rings. The van der Waals surface area contributed by atoms with Crippen molar-refractivity contribution in [2.45, 2.75) is 23.3 Å². The number of nitriles is 1. The van der Waals surface area contributed by atoms with Crippen molar-refractivity contribution in [3.05, 3.63) is 28.8 Å². The Morgan fingerprint density at radius 2 is 2.10 bits per heavy atom. The van der Waals surface area contributed by atoms with E-state index in [1.807, 2.05) is 6.07 Å². The van der Waals surface area contributed by atoms with Crippen LogP contribution in [0.1, 0.15) is 18.4 Å². The highest BCUT2D eigenvalue weighted by molar-refractivity contribution is 7.89. The van der Waals surface area contributed by atoms with Gasteiger partial charge in [-0.1, -0.05) is 11.6 Å². The van der Waals surface area contributed by atoms with Crippen molar-refractivity contribution in [1.29, 1.82) is 5.26 Å². The molecule has 1 saturated heterocycles. The molecule has 0 saturated carbocycles. The van der Waals surface area contributed by atoms with Gasteiger partial charge >= 0.3 is 0 Å². The summed E-state index contributed by atoms with van der Waals surface area (Å²) in [6, 6.07) is 5.86. The molecule has 2 rings (SSSR count). The molecule has 1 aromatic rings. The highest BCUT2D eigenvalue weighted by atomic mass is 35.5. The van der Waals surface area contributed by atoms with Gasteiger partial charge in [0.15, 0.2) is 0 Å². The fourth-order valence-corrected chi connectivity index (χ4v) is 4.18. The number of benzene rings is 1. The molecule has 8 heteroatoms. The Bertz CT molecular complexity index is 663. The molecule has 0 aromatic heterocycles. The third kappa shape index (κ3) is 3.54. The van der Waals surface area contributed by atoms with Gasteiger partial charge in [0.05, 0.1) is 28.8 Å². The number of hydrogen-bond acceptors (Lipinski definition) is 5. The van der Waals surface area contributed by atoms with Gasteiger partial charge in [0, 0.05) is 13.2 Å². The third-order valence-electron chi connectivity index (χ3n) is 3.45. The van der Waals surface area contributed by atoms with Crippen LogP contribution in [0, 0.1) is 11.3 Å². The lowest BCUT2D eigenvalue weighted by Gasteiger charge is -2.35. The minimum atomic E-state index is -3.89. The normalized spacial score (nSPS) is 18.1. The molecule has 1 fully saturated rings. The summed E-state index contributed by atoms with van der Waals surface area (Å²) in [7, 11) is -3.89. The van der Waals surface area contributed by atoms with Crippen LogP contribution in [0.2, 0.25) is 5.02 Å². The van der Waals surface area contributed by atoms with E-state index in [0.717, 1.165) is 0 Å². The average molecular weight is 331 g/mol. The second kappa shape index (κ2) is 6.30. The number of aliphatic hydroxyl groups is 1. The van der Waals surface area contributed by atoms with E-state index in [0.29, 0.717) is 26.1 Å². The molecule has 2 N–H and O–H groups in total. The molecule has 0 radical (unpaired) electrons. The van der Waals surface area contributed by atoms with Crippen LogP contribution in [0.5, 0.6) is 0 Å². The van der Waals surface area contributed by atoms with Gasteiger partial charge in [0.1, 0.15) is 4.90 Å². The number of aliphatic hydroxyl groups excluding tert-OH is 1. The van der Waals surface area contributed by atoms with Crippen LogP contribution in [0.25, 0.3) is 0 Å². The second-order valence-electron chi connectivity index (χ2n) is 4.91. The van der Waals surface area contributed by atoms with Crippen molar-refractivity contribution < 1.29 is 18.3 Å². The van der Waals surface area contributed by atoms with E-state index in [1.165, 1.54) is 18.2 Å². The average Bonchev–Trinajstić information content (AvgIpc) is 2.47. The van der Waals surface area contributed by atoms with E-state index < -0.39 is 15.6 Å². The van der Waals surface area contributed by atoms with Gasteiger partial charge in [-0.15, -0.1) is 0 Å². The lowest BCUT2D eigenvalue weighted by molar-refractivity contribution is 0.0223. The van der Waals surface area contributed by atoms with Crippen molar-refractivity contribution in [2.75, 3.05) is 19.8 Å². The van der Waals surface area contributed by atoms with E-state index >= 15 is 0 Å². The number of halogens is 1. The van der Waals surface area contributed by atoms with Crippen molar-refractivity contribution in [3.8, 4) is 6.07 Å². The van der Waals surface area contributed by atoms with E-state index in [1.54, 1.807) is 0 Å². The quantitative estimate of drug-likeness (QED) is 0.859. The summed E-state index contributed by atoms with van der Waals surface area (Å²) in [6.45, 7) is 0.442. The highest BCUT2D eigenvalue weighted by Gasteiger charge is 2.37. The summed E-state index contributed by atoms with van der Waals surface area (Å²) in [5.41, 5.74) is -0.657. The van der Waals surface area contributed by atoms with Crippen molar-refractivity contribution in [3.63, 3.8) is 0 Å². The van der Waals surface area contributed by atoms with E-state index in [4.69, 9.17) is 21.6 Å². The van der Waals surface area contributed by atoms with Gasteiger partial charge in [-0.25, -0.2) is 13.1 Å². The summed E-state index contributed by atoms with van der Waals surface area (Å²) in [5.74, 6) is 0. The minimum absolute atomic E-state index is 0.0262. The molecule has 0 atom stereocenters. The first-order chi connectivity index (χ1) is 9.92. The fourth-order valence-electron chi connectivity index (χ4n) is 2.18. The molecular formula is C13H15ClN2O4S. The summed E-state index contributed by atoms with van der Waals surface area (Å²) < 4.78 is 32.6. The molecule has 0 amide bonds. The van der Waals surface area contributed by atoms with Crippen molar-refractivity contribution in [2.24, 2.45) is 0 Å². The van der Waals surface area contributed by atoms with Gasteiger partial charge in [-0.05, 0) is 31.0 Å². The van der Waals surface area contributed by atoms with Crippen LogP contribution in [0.3, 0.4) is 0 Å². The van der Waals surface area contributed by atoms with Gasteiger partial charge < -0.3 is 9.84 Å². The number of nitrogens with one attached hydrogen (secondary N) is 1. The van der Waals surface area contributed by atoms with Crippen LogP contribution < -0.4 is 4.72 Å². The smallest absolute Gasteiger partial charge is 0.242 e. The first kappa shape index (κ1) is 16.2. The Morgan fingerprint density at radius 3 is 2.62 bits per heavy atom. The minimum Gasteiger partial charge on any atom is -0.394 e. The summed E-state index contributed by atoms with van der Waals surface area (Å²) in [5, 5.41) is 18.3. The molecule has 114 valence electrons. The first-order valence-electron chi connectivity index (χ1n) is 6.35. The SMILES string of the molecule is N#Cc1ccc(S(=O)(=O)NC2(CO)CCOCC2)c(Cl)c1. The predicted octanol–water partition coefficient (Wildman–Crippen LogP) is 1.03. The number of rotatable bonds is 4. The zero-order valence-corrected chi connectivity index (χ0v) is 12.7. The van der Waals surface area contributed by atoms with E-state index in [-0.39, 0.29) is 22.1 Å². The maximum atomic E-state index is 12.5. The summed E-state index contributed by atoms with van der Waals surface area (Å²) in [4.78, 5) is -0.109. The zero-order valence-electron chi connectivity index (χ0n) is 11.2. The van der Waals surface area contributed by atoms with Crippen LogP contribution in [-0.2, 0) is 14.8 Å². The van der Waals surface area contributed by atoms with Gasteiger partial charge in [0.2, 0.25) is 10.0 Å². The molecular weight excluding hydrogens is 316 g/mol. The standard InChI is InChI=1S/C13H15ClN2O4S/c14-11-7-10(8-15)1-2-12(11)21(18,19)16-13(9-17)3-5-20-6-4-13/h1-2,7,16-17H,3-6,9H2.